The average molecular weight is 104 g/mol. The fourth-order valence-electron chi connectivity index (χ4n) is 0.250. The minimum absolute atomic E-state index is 1.09. The molecule has 0 unspecified atom stereocenters. The zero-order valence-electron chi connectivity index (χ0n) is 4.82. The van der Waals surface area contributed by atoms with E-state index in [9.17, 15) is 0 Å². The van der Waals surface area contributed by atoms with Crippen LogP contribution in [0.5, 0.6) is 0 Å². The predicted molar refractivity (Wildman–Crippen MR) is 30.3 cm³/mol. The monoisotopic (exact) mass is 104 g/mol. The summed E-state index contributed by atoms with van der Waals surface area (Å²) in [5.74, 6) is 0. The van der Waals surface area contributed by atoms with Gasteiger partial charge in [0.1, 0.15) is 0 Å². The summed E-state index contributed by atoms with van der Waals surface area (Å²) >= 11 is 0. The molecule has 0 saturated heterocycles. The Morgan fingerprint density at radius 1 is 1.29 bits per heavy atom. The van der Waals surface area contributed by atoms with E-state index in [0.29, 0.717) is 0 Å². The van der Waals surface area contributed by atoms with Gasteiger partial charge in [-0.3, -0.25) is 0 Å². The zero-order valence-corrected chi connectivity index (χ0v) is 4.82. The molecule has 0 aliphatic carbocycles. The lowest BCUT2D eigenvalue weighted by molar-refractivity contribution is 0.762. The molecule has 0 atom stereocenters. The minimum atomic E-state index is 1.09. The van der Waals surface area contributed by atoms with Crippen LogP contribution in [0.2, 0.25) is 0 Å². The number of nitroso groups, excluding NO2 is 1. The molecule has 2 N–H and O–H groups in total. The maximum atomic E-state index is 7.50. The second-order valence-corrected chi connectivity index (χ2v) is 0.957. The molecular weight excluding hydrogens is 92.1 g/mol. The van der Waals surface area contributed by atoms with Gasteiger partial charge in [-0.15, -0.1) is 0 Å². The molecule has 0 aromatic carbocycles. The molecule has 0 aliphatic heterocycles. The molecule has 0 heterocycles. The van der Waals surface area contributed by atoms with Gasteiger partial charge in [0.25, 0.3) is 0 Å². The van der Waals surface area contributed by atoms with Crippen LogP contribution in [0.4, 0.5) is 0 Å². The molecule has 7 heavy (non-hydrogen) atoms. The van der Waals surface area contributed by atoms with E-state index < -0.39 is 0 Å². The first-order valence-electron chi connectivity index (χ1n) is 2.33. The quantitative estimate of drug-likeness (QED) is 0.512. The Kier molecular flexibility index (Phi) is 24.6. The highest BCUT2D eigenvalue weighted by Crippen LogP contribution is 1.47. The highest BCUT2D eigenvalue weighted by Gasteiger charge is 1.62. The van der Waals surface area contributed by atoms with Gasteiger partial charge in [-0.05, 0) is 13.1 Å². The summed E-state index contributed by atoms with van der Waals surface area (Å²) in [5, 5.41) is 3.11. The van der Waals surface area contributed by atoms with Gasteiger partial charge in [-0.2, -0.15) is 4.91 Å². The van der Waals surface area contributed by atoms with Gasteiger partial charge >= 0.3 is 0 Å². The first-order valence-corrected chi connectivity index (χ1v) is 2.33. The molecule has 0 amide bonds. The topological polar surface area (TPSA) is 53.0 Å². The van der Waals surface area contributed by atoms with Crippen molar-refractivity contribution in [2.45, 2.75) is 13.8 Å². The van der Waals surface area contributed by atoms with Crippen LogP contribution in [-0.2, 0) is 0 Å². The Balaban J connectivity index is 0. The first kappa shape index (κ1) is 9.75. The van der Waals surface area contributed by atoms with Crippen molar-refractivity contribution in [2.75, 3.05) is 13.1 Å². The zero-order chi connectivity index (χ0) is 6.12. The van der Waals surface area contributed by atoms with E-state index in [1.54, 1.807) is 0 Å². The second-order valence-electron chi connectivity index (χ2n) is 0.957. The molecule has 0 saturated carbocycles. The molecular formula is C4H12N2O. The van der Waals surface area contributed by atoms with Crippen molar-refractivity contribution in [3.63, 3.8) is 0 Å². The molecule has 0 aromatic heterocycles. The molecule has 0 aliphatic rings. The van der Waals surface area contributed by atoms with Crippen molar-refractivity contribution < 1.29 is 0 Å². The van der Waals surface area contributed by atoms with E-state index in [-0.39, 0.29) is 0 Å². The van der Waals surface area contributed by atoms with Crippen molar-refractivity contribution in [3.05, 3.63) is 4.91 Å². The minimum Gasteiger partial charge on any atom is -0.317 e. The van der Waals surface area contributed by atoms with E-state index in [0.717, 1.165) is 13.1 Å². The summed E-state index contributed by atoms with van der Waals surface area (Å²) in [6, 6.07) is 0. The third-order valence-corrected chi connectivity index (χ3v) is 0.500. The Bertz CT molecular complexity index is 23.7. The van der Waals surface area contributed by atoms with Crippen molar-refractivity contribution in [2.24, 2.45) is 0 Å². The molecule has 44 valence electrons. The third kappa shape index (κ3) is 29.0. The van der Waals surface area contributed by atoms with E-state index in [2.05, 4.69) is 24.8 Å². The Morgan fingerprint density at radius 3 is 1.57 bits per heavy atom. The Hall–Kier alpha value is -0.440. The van der Waals surface area contributed by atoms with Gasteiger partial charge in [-0.1, -0.05) is 19.4 Å². The number of nitrogens with one attached hydrogen (secondary N) is 2. The van der Waals surface area contributed by atoms with Crippen LogP contribution in [0.25, 0.3) is 0 Å². The lowest BCUT2D eigenvalue weighted by Gasteiger charge is -1.86. The molecule has 0 radical (unpaired) electrons. The van der Waals surface area contributed by atoms with E-state index in [1.807, 2.05) is 0 Å². The molecule has 0 spiro atoms. The normalized spacial score (nSPS) is 6.57. The van der Waals surface area contributed by atoms with Crippen LogP contribution in [0.15, 0.2) is 0 Å². The summed E-state index contributed by atoms with van der Waals surface area (Å²) < 4.78 is 0. The summed E-state index contributed by atoms with van der Waals surface area (Å²) in [5.41, 5.74) is 4.50. The maximum absolute atomic E-state index is 7.50. The highest BCUT2D eigenvalue weighted by molar-refractivity contribution is 4.27. The standard InChI is InChI=1S/C4H11N.HNO/c1-3-5-4-2;1-2/h5H,3-4H2,1-2H3;1H. The molecule has 3 heteroatoms. The Morgan fingerprint density at radius 2 is 1.57 bits per heavy atom. The third-order valence-electron chi connectivity index (χ3n) is 0.500. The van der Waals surface area contributed by atoms with Crippen LogP contribution in [0.3, 0.4) is 0 Å². The number of hydrogen-bond acceptors (Lipinski definition) is 3. The van der Waals surface area contributed by atoms with Gasteiger partial charge in [0, 0.05) is 0 Å². The largest absolute Gasteiger partial charge is 0.317 e. The maximum Gasteiger partial charge on any atom is -0.00775 e. The van der Waals surface area contributed by atoms with Crippen molar-refractivity contribution >= 4 is 0 Å². The van der Waals surface area contributed by atoms with Crippen LogP contribution < -0.4 is 5.32 Å². The van der Waals surface area contributed by atoms with Crippen LogP contribution in [-0.4, -0.2) is 13.1 Å². The lowest BCUT2D eigenvalue weighted by Crippen LogP contribution is -2.09. The molecule has 0 bridgehead atoms. The Labute approximate surface area is 43.9 Å². The van der Waals surface area contributed by atoms with E-state index >= 15 is 0 Å². The van der Waals surface area contributed by atoms with E-state index in [4.69, 9.17) is 4.91 Å². The first-order chi connectivity index (χ1) is 3.41. The summed E-state index contributed by atoms with van der Waals surface area (Å²) in [7, 11) is 0. The fraction of sp³-hybridized carbons (Fsp3) is 1.00. The number of rotatable bonds is 2. The lowest BCUT2D eigenvalue weighted by atomic mass is 10.7. The molecule has 3 nitrogen and oxygen atoms in total. The van der Waals surface area contributed by atoms with Crippen LogP contribution in [0, 0.1) is 10.5 Å². The average Bonchev–Trinajstić information content (AvgIpc) is 1.75. The van der Waals surface area contributed by atoms with Gasteiger partial charge in [0.2, 0.25) is 0 Å². The smallest absolute Gasteiger partial charge is 0.00775 e. The SMILES string of the molecule is CCNCC.N=O. The van der Waals surface area contributed by atoms with Gasteiger partial charge in [0.05, 0.1) is 0 Å². The summed E-state index contributed by atoms with van der Waals surface area (Å²) in [4.78, 5) is 7.50. The summed E-state index contributed by atoms with van der Waals surface area (Å²) in [6.45, 7) is 6.39. The fourth-order valence-corrected chi connectivity index (χ4v) is 0.250. The van der Waals surface area contributed by atoms with Crippen molar-refractivity contribution in [1.82, 2.24) is 5.32 Å². The van der Waals surface area contributed by atoms with Gasteiger partial charge in [-0.25, -0.2) is 0 Å². The van der Waals surface area contributed by atoms with Crippen molar-refractivity contribution in [3.8, 4) is 0 Å². The molecule has 0 rings (SSSR count). The van der Waals surface area contributed by atoms with Crippen LogP contribution >= 0.6 is 0 Å². The number of hydrogen-bond donors (Lipinski definition) is 2. The van der Waals surface area contributed by atoms with Crippen molar-refractivity contribution in [1.29, 1.82) is 5.59 Å². The van der Waals surface area contributed by atoms with Gasteiger partial charge in [0.15, 0.2) is 0 Å². The molecule has 0 aromatic rings. The van der Waals surface area contributed by atoms with Crippen LogP contribution in [0.1, 0.15) is 13.8 Å². The van der Waals surface area contributed by atoms with Gasteiger partial charge < -0.3 is 5.32 Å². The summed E-state index contributed by atoms with van der Waals surface area (Å²) in [6.07, 6.45) is 0. The van der Waals surface area contributed by atoms with E-state index in [1.165, 1.54) is 0 Å². The second kappa shape index (κ2) is 17.6. The predicted octanol–water partition coefficient (Wildman–Crippen LogP) is 0.947. The molecule has 0 fully saturated rings. The highest BCUT2D eigenvalue weighted by atomic mass is 16.2.